The number of halogens is 2. The smallest absolute Gasteiger partial charge is 0.261 e. The van der Waals surface area contributed by atoms with E-state index in [2.05, 4.69) is 10.0 Å². The molecule has 1 amide bonds. The molecule has 2 aromatic rings. The molecule has 2 N–H and O–H groups in total. The lowest BCUT2D eigenvalue weighted by atomic mass is 10.2. The average molecular weight is 373 g/mol. The van der Waals surface area contributed by atoms with Crippen LogP contribution in [0.3, 0.4) is 0 Å². The molecular weight excluding hydrogens is 359 g/mol. The Morgan fingerprint density at radius 3 is 2.30 bits per heavy atom. The van der Waals surface area contributed by atoms with Gasteiger partial charge in [0.05, 0.1) is 21.3 Å². The van der Waals surface area contributed by atoms with Crippen molar-refractivity contribution in [3.63, 3.8) is 0 Å². The largest absolute Gasteiger partial charge is 0.325 e. The summed E-state index contributed by atoms with van der Waals surface area (Å²) < 4.78 is 27.2. The van der Waals surface area contributed by atoms with Crippen molar-refractivity contribution in [2.45, 2.75) is 18.7 Å². The first kappa shape index (κ1) is 17.6. The van der Waals surface area contributed by atoms with E-state index in [9.17, 15) is 13.2 Å². The lowest BCUT2D eigenvalue weighted by molar-refractivity contribution is -0.114. The molecule has 0 aliphatic carbocycles. The zero-order valence-corrected chi connectivity index (χ0v) is 14.7. The molecule has 0 bridgehead atoms. The number of carbonyl (C=O) groups excluding carboxylic acids is 1. The Bertz CT molecular complexity index is 867. The average Bonchev–Trinajstić information content (AvgIpc) is 2.44. The third-order valence-electron chi connectivity index (χ3n) is 2.99. The Morgan fingerprint density at radius 2 is 1.74 bits per heavy atom. The first-order chi connectivity index (χ1) is 10.7. The van der Waals surface area contributed by atoms with Crippen molar-refractivity contribution in [3.8, 4) is 0 Å². The molecule has 0 aliphatic rings. The number of nitrogens with one attached hydrogen (secondary N) is 2. The van der Waals surface area contributed by atoms with E-state index in [-0.39, 0.29) is 15.8 Å². The van der Waals surface area contributed by atoms with E-state index in [1.807, 2.05) is 6.92 Å². The van der Waals surface area contributed by atoms with Crippen molar-refractivity contribution < 1.29 is 13.2 Å². The molecule has 2 rings (SSSR count). The molecule has 0 saturated heterocycles. The molecule has 0 atom stereocenters. The van der Waals surface area contributed by atoms with Gasteiger partial charge in [0, 0.05) is 11.9 Å². The van der Waals surface area contributed by atoms with Crippen LogP contribution >= 0.6 is 23.2 Å². The number of amides is 1. The highest BCUT2D eigenvalue weighted by molar-refractivity contribution is 7.92. The summed E-state index contributed by atoms with van der Waals surface area (Å²) in [6, 6.07) is 8.92. The highest BCUT2D eigenvalue weighted by atomic mass is 35.5. The summed E-state index contributed by atoms with van der Waals surface area (Å²) >= 11 is 12.0. The van der Waals surface area contributed by atoms with Gasteiger partial charge in [-0.2, -0.15) is 0 Å². The van der Waals surface area contributed by atoms with Crippen molar-refractivity contribution in [1.82, 2.24) is 0 Å². The van der Waals surface area contributed by atoms with Crippen LogP contribution in [0.15, 0.2) is 41.3 Å². The van der Waals surface area contributed by atoms with E-state index < -0.39 is 10.0 Å². The minimum atomic E-state index is -3.82. The third kappa shape index (κ3) is 4.37. The predicted octanol–water partition coefficient (Wildman–Crippen LogP) is 4.06. The maximum absolute atomic E-state index is 12.4. The van der Waals surface area contributed by atoms with Gasteiger partial charge in [0.15, 0.2) is 0 Å². The zero-order valence-electron chi connectivity index (χ0n) is 12.4. The van der Waals surface area contributed by atoms with Gasteiger partial charge in [-0.1, -0.05) is 29.3 Å². The molecular formula is C15H14Cl2N2O3S. The zero-order chi connectivity index (χ0) is 17.2. The van der Waals surface area contributed by atoms with Gasteiger partial charge >= 0.3 is 0 Å². The fraction of sp³-hybridized carbons (Fsp3) is 0.133. The summed E-state index contributed by atoms with van der Waals surface area (Å²) in [7, 11) is -3.82. The molecule has 0 unspecified atom stereocenters. The Kier molecular flexibility index (Phi) is 5.19. The van der Waals surface area contributed by atoms with Crippen LogP contribution in [-0.2, 0) is 14.8 Å². The molecule has 0 saturated carbocycles. The van der Waals surface area contributed by atoms with E-state index in [0.717, 1.165) is 5.56 Å². The van der Waals surface area contributed by atoms with Gasteiger partial charge in [0.2, 0.25) is 5.91 Å². The Labute approximate surface area is 144 Å². The maximum Gasteiger partial charge on any atom is 0.261 e. The number of carbonyl (C=O) groups is 1. The fourth-order valence-electron chi connectivity index (χ4n) is 1.82. The molecule has 0 spiro atoms. The fourth-order valence-corrected chi connectivity index (χ4v) is 3.37. The number of benzene rings is 2. The highest BCUT2D eigenvalue weighted by Crippen LogP contribution is 2.27. The van der Waals surface area contributed by atoms with Crippen LogP contribution in [0.25, 0.3) is 0 Å². The highest BCUT2D eigenvalue weighted by Gasteiger charge is 2.16. The van der Waals surface area contributed by atoms with Crippen LogP contribution in [0.2, 0.25) is 10.0 Å². The Balaban J connectivity index is 2.30. The van der Waals surface area contributed by atoms with Gasteiger partial charge in [-0.25, -0.2) is 8.42 Å². The van der Waals surface area contributed by atoms with E-state index in [0.29, 0.717) is 16.4 Å². The maximum atomic E-state index is 12.4. The van der Waals surface area contributed by atoms with Crippen LogP contribution in [-0.4, -0.2) is 14.3 Å². The van der Waals surface area contributed by atoms with Crippen molar-refractivity contribution in [2.75, 3.05) is 10.0 Å². The van der Waals surface area contributed by atoms with Crippen molar-refractivity contribution in [3.05, 3.63) is 52.0 Å². The van der Waals surface area contributed by atoms with Gasteiger partial charge in [-0.3, -0.25) is 9.52 Å². The van der Waals surface area contributed by atoms with Gasteiger partial charge in [-0.05, 0) is 42.8 Å². The summed E-state index contributed by atoms with van der Waals surface area (Å²) in [5.41, 5.74) is 1.54. The molecule has 8 heteroatoms. The van der Waals surface area contributed by atoms with Gasteiger partial charge in [0.25, 0.3) is 10.0 Å². The second-order valence-electron chi connectivity index (χ2n) is 4.89. The second kappa shape index (κ2) is 6.78. The van der Waals surface area contributed by atoms with E-state index in [1.165, 1.54) is 31.2 Å². The molecule has 0 aliphatic heterocycles. The van der Waals surface area contributed by atoms with Crippen LogP contribution in [0.1, 0.15) is 12.5 Å². The Morgan fingerprint density at radius 1 is 1.04 bits per heavy atom. The molecule has 2 aromatic carbocycles. The lowest BCUT2D eigenvalue weighted by Gasteiger charge is -2.11. The number of rotatable bonds is 4. The predicted molar refractivity (Wildman–Crippen MR) is 92.8 cm³/mol. The molecule has 23 heavy (non-hydrogen) atoms. The number of hydrogen-bond donors (Lipinski definition) is 2. The summed E-state index contributed by atoms with van der Waals surface area (Å²) in [6.07, 6.45) is 0. The molecule has 0 fully saturated rings. The number of aryl methyl sites for hydroxylation is 1. The van der Waals surface area contributed by atoms with Crippen LogP contribution in [0.4, 0.5) is 11.4 Å². The Hall–Kier alpha value is -1.76. The normalized spacial score (nSPS) is 11.1. The van der Waals surface area contributed by atoms with Crippen molar-refractivity contribution in [1.29, 1.82) is 0 Å². The first-order valence-corrected chi connectivity index (χ1v) is 8.79. The van der Waals surface area contributed by atoms with Gasteiger partial charge in [0.1, 0.15) is 0 Å². The van der Waals surface area contributed by atoms with E-state index in [4.69, 9.17) is 23.2 Å². The van der Waals surface area contributed by atoms with Gasteiger partial charge < -0.3 is 5.32 Å². The topological polar surface area (TPSA) is 75.3 Å². The van der Waals surface area contributed by atoms with E-state index in [1.54, 1.807) is 12.1 Å². The van der Waals surface area contributed by atoms with Gasteiger partial charge in [-0.15, -0.1) is 0 Å². The molecule has 5 nitrogen and oxygen atoms in total. The monoisotopic (exact) mass is 372 g/mol. The first-order valence-electron chi connectivity index (χ1n) is 6.55. The lowest BCUT2D eigenvalue weighted by Crippen LogP contribution is -2.13. The van der Waals surface area contributed by atoms with E-state index >= 15 is 0 Å². The number of hydrogen-bond acceptors (Lipinski definition) is 3. The van der Waals surface area contributed by atoms with Crippen molar-refractivity contribution >= 4 is 50.5 Å². The third-order valence-corrected chi connectivity index (χ3v) is 5.08. The quantitative estimate of drug-likeness (QED) is 0.849. The van der Waals surface area contributed by atoms with Crippen LogP contribution in [0, 0.1) is 6.92 Å². The number of sulfonamides is 1. The number of anilines is 2. The second-order valence-corrected chi connectivity index (χ2v) is 7.39. The minimum Gasteiger partial charge on any atom is -0.325 e. The SMILES string of the molecule is CC(=O)Nc1ccc(S(=O)(=O)Nc2ccc(C)c(Cl)c2)cc1Cl. The molecule has 0 heterocycles. The van der Waals surface area contributed by atoms with Crippen molar-refractivity contribution in [2.24, 2.45) is 0 Å². The summed E-state index contributed by atoms with van der Waals surface area (Å²) in [6.45, 7) is 3.16. The minimum absolute atomic E-state index is 0.0201. The standard InChI is InChI=1S/C15H14Cl2N2O3S/c1-9-3-4-11(7-13(9)16)19-23(21,22)12-5-6-15(14(17)8-12)18-10(2)20/h3-8,19H,1-2H3,(H,18,20). The van der Waals surface area contributed by atoms with Crippen LogP contribution in [0.5, 0.6) is 0 Å². The molecule has 0 aromatic heterocycles. The summed E-state index contributed by atoms with van der Waals surface area (Å²) in [5.74, 6) is -0.296. The summed E-state index contributed by atoms with van der Waals surface area (Å²) in [5, 5.41) is 3.10. The summed E-state index contributed by atoms with van der Waals surface area (Å²) in [4.78, 5) is 11.0. The molecule has 122 valence electrons. The molecule has 0 radical (unpaired) electrons. The van der Waals surface area contributed by atoms with Crippen LogP contribution < -0.4 is 10.0 Å².